The Morgan fingerprint density at radius 2 is 1.63 bits per heavy atom. The van der Waals surface area contributed by atoms with Crippen LogP contribution in [0.25, 0.3) is 0 Å². The second kappa shape index (κ2) is 10.1. The average Bonchev–Trinajstić information content (AvgIpc) is 2.73. The molecule has 0 saturated carbocycles. The van der Waals surface area contributed by atoms with E-state index < -0.39 is 6.10 Å². The van der Waals surface area contributed by atoms with Gasteiger partial charge in [-0.2, -0.15) is 0 Å². The number of rotatable bonds is 7. The van der Waals surface area contributed by atoms with Crippen molar-refractivity contribution in [3.05, 3.63) is 65.2 Å². The van der Waals surface area contributed by atoms with Crippen molar-refractivity contribution in [2.45, 2.75) is 52.3 Å². The topological polar surface area (TPSA) is 50.8 Å². The average molecular weight is 411 g/mol. The molecule has 30 heavy (non-hydrogen) atoms. The maximum atomic E-state index is 12.4. The molecule has 1 aliphatic rings. The van der Waals surface area contributed by atoms with E-state index >= 15 is 0 Å². The third kappa shape index (κ3) is 6.57. The van der Waals surface area contributed by atoms with Crippen LogP contribution in [-0.4, -0.2) is 43.2 Å². The Kier molecular flexibility index (Phi) is 7.51. The highest BCUT2D eigenvalue weighted by molar-refractivity contribution is 5.80. The molecule has 1 aliphatic heterocycles. The van der Waals surface area contributed by atoms with Gasteiger partial charge in [-0.05, 0) is 41.2 Å². The van der Waals surface area contributed by atoms with E-state index in [4.69, 9.17) is 9.47 Å². The number of nitrogens with one attached hydrogen (secondary N) is 1. The molecule has 2 aromatic rings. The lowest BCUT2D eigenvalue weighted by Crippen LogP contribution is -2.36. The monoisotopic (exact) mass is 410 g/mol. The van der Waals surface area contributed by atoms with E-state index in [0.717, 1.165) is 38.4 Å². The van der Waals surface area contributed by atoms with Crippen molar-refractivity contribution >= 4 is 5.91 Å². The van der Waals surface area contributed by atoms with Crippen molar-refractivity contribution in [1.29, 1.82) is 0 Å². The highest BCUT2D eigenvalue weighted by Gasteiger charge is 2.16. The number of amides is 1. The summed E-state index contributed by atoms with van der Waals surface area (Å²) >= 11 is 0. The van der Waals surface area contributed by atoms with E-state index in [9.17, 15) is 4.79 Å². The summed E-state index contributed by atoms with van der Waals surface area (Å²) in [5, 5.41) is 2.96. The normalized spacial score (nSPS) is 16.1. The summed E-state index contributed by atoms with van der Waals surface area (Å²) < 4.78 is 11.2. The van der Waals surface area contributed by atoms with Crippen molar-refractivity contribution < 1.29 is 14.3 Å². The van der Waals surface area contributed by atoms with Crippen molar-refractivity contribution in [1.82, 2.24) is 10.2 Å². The predicted molar refractivity (Wildman–Crippen MR) is 120 cm³/mol. The summed E-state index contributed by atoms with van der Waals surface area (Å²) in [6, 6.07) is 16.4. The molecule has 5 heteroatoms. The van der Waals surface area contributed by atoms with Crippen molar-refractivity contribution in [2.24, 2.45) is 0 Å². The molecule has 1 heterocycles. The molecule has 1 N–H and O–H groups in total. The Morgan fingerprint density at radius 1 is 1.03 bits per heavy atom. The van der Waals surface area contributed by atoms with Gasteiger partial charge in [0.05, 0.1) is 13.2 Å². The molecular formula is C25H34N2O3. The molecule has 2 aromatic carbocycles. The van der Waals surface area contributed by atoms with Gasteiger partial charge in [-0.1, -0.05) is 57.2 Å². The van der Waals surface area contributed by atoms with Crippen LogP contribution in [0.4, 0.5) is 0 Å². The lowest BCUT2D eigenvalue weighted by Gasteiger charge is -2.26. The predicted octanol–water partition coefficient (Wildman–Crippen LogP) is 3.90. The molecule has 0 bridgehead atoms. The Balaban J connectivity index is 1.45. The second-order valence-electron chi connectivity index (χ2n) is 8.96. The summed E-state index contributed by atoms with van der Waals surface area (Å²) in [5.74, 6) is 0.588. The molecular weight excluding hydrogens is 376 g/mol. The largest absolute Gasteiger partial charge is 0.481 e. The van der Waals surface area contributed by atoms with Gasteiger partial charge in [0, 0.05) is 26.2 Å². The zero-order valence-corrected chi connectivity index (χ0v) is 18.6. The van der Waals surface area contributed by atoms with Gasteiger partial charge >= 0.3 is 0 Å². The molecule has 0 aromatic heterocycles. The third-order valence-electron chi connectivity index (χ3n) is 5.40. The Hall–Kier alpha value is -2.37. The van der Waals surface area contributed by atoms with Crippen LogP contribution < -0.4 is 10.1 Å². The van der Waals surface area contributed by atoms with Crippen LogP contribution in [0.1, 0.15) is 44.4 Å². The lowest BCUT2D eigenvalue weighted by atomic mass is 9.87. The zero-order chi connectivity index (χ0) is 21.6. The van der Waals surface area contributed by atoms with Crippen LogP contribution in [0, 0.1) is 0 Å². The second-order valence-corrected chi connectivity index (χ2v) is 8.96. The molecule has 1 amide bonds. The maximum Gasteiger partial charge on any atom is 0.261 e. The minimum atomic E-state index is -0.550. The summed E-state index contributed by atoms with van der Waals surface area (Å²) in [5.41, 5.74) is 3.70. The first-order valence-electron chi connectivity index (χ1n) is 10.7. The van der Waals surface area contributed by atoms with Gasteiger partial charge in [0.1, 0.15) is 5.75 Å². The van der Waals surface area contributed by atoms with Crippen LogP contribution in [-0.2, 0) is 28.0 Å². The molecule has 162 valence electrons. The number of nitrogens with zero attached hydrogens (tertiary/aromatic N) is 1. The number of benzene rings is 2. The van der Waals surface area contributed by atoms with E-state index in [0.29, 0.717) is 12.3 Å². The van der Waals surface area contributed by atoms with Gasteiger partial charge in [0.25, 0.3) is 5.91 Å². The molecule has 0 spiro atoms. The number of hydrogen-bond acceptors (Lipinski definition) is 4. The minimum absolute atomic E-state index is 0.0965. The Morgan fingerprint density at radius 3 is 2.23 bits per heavy atom. The van der Waals surface area contributed by atoms with E-state index in [1.165, 1.54) is 11.1 Å². The smallest absolute Gasteiger partial charge is 0.261 e. The number of hydrogen-bond donors (Lipinski definition) is 1. The number of carbonyl (C=O) groups is 1. The highest BCUT2D eigenvalue weighted by atomic mass is 16.5. The van der Waals surface area contributed by atoms with Gasteiger partial charge in [-0.25, -0.2) is 0 Å². The van der Waals surface area contributed by atoms with Crippen LogP contribution in [0.15, 0.2) is 48.5 Å². The first kappa shape index (κ1) is 22.3. The summed E-state index contributed by atoms with van der Waals surface area (Å²) in [4.78, 5) is 14.8. The Bertz CT molecular complexity index is 804. The van der Waals surface area contributed by atoms with E-state index in [1.54, 1.807) is 6.92 Å². The van der Waals surface area contributed by atoms with Gasteiger partial charge < -0.3 is 14.8 Å². The first-order chi connectivity index (χ1) is 14.3. The summed E-state index contributed by atoms with van der Waals surface area (Å²) in [6.45, 7) is 13.3. The fraction of sp³-hybridized carbons (Fsp3) is 0.480. The zero-order valence-electron chi connectivity index (χ0n) is 18.6. The Labute approximate surface area is 180 Å². The molecule has 1 fully saturated rings. The van der Waals surface area contributed by atoms with Crippen LogP contribution in [0.3, 0.4) is 0 Å². The number of morpholine rings is 1. The van der Waals surface area contributed by atoms with Crippen LogP contribution in [0.5, 0.6) is 5.75 Å². The number of ether oxygens (including phenoxy) is 2. The maximum absolute atomic E-state index is 12.4. The van der Waals surface area contributed by atoms with Crippen molar-refractivity contribution in [3.63, 3.8) is 0 Å². The first-order valence-corrected chi connectivity index (χ1v) is 10.7. The molecule has 1 atom stereocenters. The molecule has 1 saturated heterocycles. The fourth-order valence-corrected chi connectivity index (χ4v) is 3.40. The molecule has 1 unspecified atom stereocenters. The SMILES string of the molecule is CC(Oc1ccc(C(C)(C)C)cc1)C(=O)NCc1ccc(CN2CCOCC2)cc1. The molecule has 0 radical (unpaired) electrons. The minimum Gasteiger partial charge on any atom is -0.481 e. The molecule has 5 nitrogen and oxygen atoms in total. The van der Waals surface area contributed by atoms with Crippen molar-refractivity contribution in [2.75, 3.05) is 26.3 Å². The number of carbonyl (C=O) groups excluding carboxylic acids is 1. The fourth-order valence-electron chi connectivity index (χ4n) is 3.40. The van der Waals surface area contributed by atoms with E-state index in [1.807, 2.05) is 12.1 Å². The molecule has 3 rings (SSSR count). The quantitative estimate of drug-likeness (QED) is 0.752. The van der Waals surface area contributed by atoms with Gasteiger partial charge in [0.15, 0.2) is 6.10 Å². The molecule has 0 aliphatic carbocycles. The highest BCUT2D eigenvalue weighted by Crippen LogP contribution is 2.24. The lowest BCUT2D eigenvalue weighted by molar-refractivity contribution is -0.127. The van der Waals surface area contributed by atoms with Gasteiger partial charge in [-0.15, -0.1) is 0 Å². The standard InChI is InChI=1S/C25H34N2O3/c1-19(30-23-11-9-22(10-12-23)25(2,3)4)24(28)26-17-20-5-7-21(8-6-20)18-27-13-15-29-16-14-27/h5-12,19H,13-18H2,1-4H3,(H,26,28). The van der Waals surface area contributed by atoms with Crippen LogP contribution >= 0.6 is 0 Å². The van der Waals surface area contributed by atoms with E-state index in [2.05, 4.69) is 67.4 Å². The summed E-state index contributed by atoms with van der Waals surface area (Å²) in [7, 11) is 0. The van der Waals surface area contributed by atoms with Gasteiger partial charge in [0.2, 0.25) is 0 Å². The third-order valence-corrected chi connectivity index (χ3v) is 5.40. The summed E-state index contributed by atoms with van der Waals surface area (Å²) in [6.07, 6.45) is -0.550. The van der Waals surface area contributed by atoms with Crippen molar-refractivity contribution in [3.8, 4) is 5.75 Å². The van der Waals surface area contributed by atoms with Crippen LogP contribution in [0.2, 0.25) is 0 Å². The van der Waals surface area contributed by atoms with E-state index in [-0.39, 0.29) is 11.3 Å². The van der Waals surface area contributed by atoms with Gasteiger partial charge in [-0.3, -0.25) is 9.69 Å².